The molecule has 0 heterocycles. The van der Waals surface area contributed by atoms with Crippen molar-refractivity contribution in [1.82, 2.24) is 0 Å². The van der Waals surface area contributed by atoms with Crippen LogP contribution in [-0.2, 0) is 0 Å². The standard InChI is InChI=1S/C7H13N6O/c1-2-3(8)5(10)7(13(12)14)6(11)4(2)9/h8-12H2,1H3/q-1. The van der Waals surface area contributed by atoms with Gasteiger partial charge < -0.3 is 33.3 Å². The van der Waals surface area contributed by atoms with E-state index < -0.39 is 0 Å². The molecule has 7 heteroatoms. The van der Waals surface area contributed by atoms with E-state index in [4.69, 9.17) is 28.8 Å². The van der Waals surface area contributed by atoms with E-state index in [9.17, 15) is 5.21 Å². The summed E-state index contributed by atoms with van der Waals surface area (Å²) in [5.41, 5.74) is 23.4. The zero-order valence-electron chi connectivity index (χ0n) is 7.74. The highest BCUT2D eigenvalue weighted by Gasteiger charge is 2.14. The van der Waals surface area contributed by atoms with Crippen LogP contribution < -0.4 is 33.9 Å². The molecule has 14 heavy (non-hydrogen) atoms. The summed E-state index contributed by atoms with van der Waals surface area (Å²) in [7, 11) is 0. The molecule has 0 spiro atoms. The second kappa shape index (κ2) is 3.13. The van der Waals surface area contributed by atoms with Crippen molar-refractivity contribution < 1.29 is 0 Å². The first-order valence-corrected chi connectivity index (χ1v) is 3.82. The smallest absolute Gasteiger partial charge is 0.0912 e. The molecule has 0 aliphatic heterocycles. The third kappa shape index (κ3) is 1.24. The lowest BCUT2D eigenvalue weighted by atomic mass is 10.1. The summed E-state index contributed by atoms with van der Waals surface area (Å²) >= 11 is 0. The van der Waals surface area contributed by atoms with Crippen LogP contribution in [0.1, 0.15) is 5.56 Å². The maximum Gasteiger partial charge on any atom is 0.0912 e. The molecule has 0 saturated heterocycles. The van der Waals surface area contributed by atoms with Gasteiger partial charge >= 0.3 is 0 Å². The van der Waals surface area contributed by atoms with Gasteiger partial charge in [0.25, 0.3) is 0 Å². The molecule has 0 aliphatic rings. The maximum absolute atomic E-state index is 10.9. The Morgan fingerprint density at radius 2 is 1.29 bits per heavy atom. The number of rotatable bonds is 1. The minimum atomic E-state index is -0.0920. The molecule has 78 valence electrons. The van der Waals surface area contributed by atoms with Crippen LogP contribution in [-0.4, -0.2) is 0 Å². The molecule has 0 aromatic heterocycles. The highest BCUT2D eigenvalue weighted by Crippen LogP contribution is 2.40. The summed E-state index contributed by atoms with van der Waals surface area (Å²) in [6, 6.07) is 0. The molecule has 0 saturated carbocycles. The van der Waals surface area contributed by atoms with Crippen molar-refractivity contribution in [3.8, 4) is 0 Å². The fourth-order valence-corrected chi connectivity index (χ4v) is 1.19. The molecular formula is C7H13N6O-. The normalized spacial score (nSPS) is 10.2. The Kier molecular flexibility index (Phi) is 2.28. The highest BCUT2D eigenvalue weighted by molar-refractivity contribution is 5.97. The van der Waals surface area contributed by atoms with Crippen LogP contribution in [0.3, 0.4) is 0 Å². The van der Waals surface area contributed by atoms with Crippen LogP contribution in [0.15, 0.2) is 0 Å². The number of nitrogens with zero attached hydrogens (tertiary/aromatic N) is 1. The van der Waals surface area contributed by atoms with Crippen molar-refractivity contribution in [2.75, 3.05) is 28.1 Å². The molecule has 1 aromatic rings. The van der Waals surface area contributed by atoms with Crippen molar-refractivity contribution in [3.05, 3.63) is 10.8 Å². The molecule has 7 nitrogen and oxygen atoms in total. The Morgan fingerprint density at radius 1 is 0.929 bits per heavy atom. The van der Waals surface area contributed by atoms with Crippen LogP contribution in [0, 0.1) is 12.1 Å². The van der Waals surface area contributed by atoms with Crippen molar-refractivity contribution in [3.63, 3.8) is 0 Å². The predicted molar refractivity (Wildman–Crippen MR) is 58.9 cm³/mol. The monoisotopic (exact) mass is 197 g/mol. The summed E-state index contributed by atoms with van der Waals surface area (Å²) in [4.78, 5) is 0. The molecular weight excluding hydrogens is 184 g/mol. The number of hydrazine groups is 1. The van der Waals surface area contributed by atoms with Gasteiger partial charge in [-0.3, -0.25) is 5.84 Å². The Balaban J connectivity index is 3.60. The fourth-order valence-electron chi connectivity index (χ4n) is 1.19. The number of hydrogen-bond acceptors (Lipinski definition) is 7. The Morgan fingerprint density at radius 3 is 1.57 bits per heavy atom. The van der Waals surface area contributed by atoms with E-state index in [0.717, 1.165) is 0 Å². The molecule has 0 atom stereocenters. The van der Waals surface area contributed by atoms with Crippen molar-refractivity contribution in [2.45, 2.75) is 6.92 Å². The van der Waals surface area contributed by atoms with Gasteiger partial charge in [-0.15, -0.1) is 0 Å². The number of nitrogen functional groups attached to an aromatic ring is 4. The van der Waals surface area contributed by atoms with Gasteiger partial charge in [-0.2, -0.15) is 0 Å². The zero-order chi connectivity index (χ0) is 11.0. The molecule has 0 aliphatic carbocycles. The molecule has 0 bridgehead atoms. The van der Waals surface area contributed by atoms with E-state index in [1.54, 1.807) is 6.92 Å². The summed E-state index contributed by atoms with van der Waals surface area (Å²) < 4.78 is 0. The lowest BCUT2D eigenvalue weighted by molar-refractivity contribution is 1.09. The SMILES string of the molecule is Cc1c(N)c(N)c(N(N)[O-])c(N)c1N. The van der Waals surface area contributed by atoms with Gasteiger partial charge in [0.05, 0.1) is 28.4 Å². The van der Waals surface area contributed by atoms with Crippen LogP contribution >= 0.6 is 0 Å². The van der Waals surface area contributed by atoms with Crippen LogP contribution in [0.25, 0.3) is 0 Å². The van der Waals surface area contributed by atoms with Gasteiger partial charge in [-0.1, -0.05) is 0 Å². The molecule has 0 amide bonds. The van der Waals surface area contributed by atoms with Gasteiger partial charge in [-0.25, -0.2) is 0 Å². The largest absolute Gasteiger partial charge is 0.743 e. The third-order valence-corrected chi connectivity index (χ3v) is 2.12. The van der Waals surface area contributed by atoms with E-state index >= 15 is 0 Å². The molecule has 10 N–H and O–H groups in total. The Hall–Kier alpha value is -1.86. The highest BCUT2D eigenvalue weighted by atomic mass is 16.5. The number of benzene rings is 1. The molecule has 0 unspecified atom stereocenters. The Bertz CT molecular complexity index is 346. The van der Waals surface area contributed by atoms with Gasteiger partial charge in [0.15, 0.2) is 0 Å². The van der Waals surface area contributed by atoms with Crippen LogP contribution in [0.2, 0.25) is 0 Å². The first-order chi connectivity index (χ1) is 6.37. The van der Waals surface area contributed by atoms with Gasteiger partial charge in [0.2, 0.25) is 0 Å². The van der Waals surface area contributed by atoms with Crippen molar-refractivity contribution in [2.24, 2.45) is 5.84 Å². The lowest BCUT2D eigenvalue weighted by Crippen LogP contribution is -2.26. The fraction of sp³-hybridized carbons (Fsp3) is 0.143. The van der Waals surface area contributed by atoms with E-state index in [1.807, 2.05) is 0 Å². The second-order valence-corrected chi connectivity index (χ2v) is 2.95. The van der Waals surface area contributed by atoms with Gasteiger partial charge in [0, 0.05) is 0 Å². The minimum Gasteiger partial charge on any atom is -0.743 e. The van der Waals surface area contributed by atoms with E-state index in [-0.39, 0.29) is 33.6 Å². The summed E-state index contributed by atoms with van der Waals surface area (Å²) in [5.74, 6) is 5.01. The van der Waals surface area contributed by atoms with E-state index in [2.05, 4.69) is 0 Å². The minimum absolute atomic E-state index is 0.0479. The number of hydrogen-bond donors (Lipinski definition) is 5. The average molecular weight is 197 g/mol. The molecule has 0 fully saturated rings. The maximum atomic E-state index is 10.9. The van der Waals surface area contributed by atoms with E-state index in [1.165, 1.54) is 0 Å². The summed E-state index contributed by atoms with van der Waals surface area (Å²) in [5, 5.41) is 11.0. The quantitative estimate of drug-likeness (QED) is 0.231. The molecule has 1 rings (SSSR count). The van der Waals surface area contributed by atoms with Gasteiger partial charge in [-0.05, 0) is 12.5 Å². The third-order valence-electron chi connectivity index (χ3n) is 2.12. The molecule has 0 radical (unpaired) electrons. The topological polar surface area (TPSA) is 156 Å². The van der Waals surface area contributed by atoms with Crippen LogP contribution in [0.5, 0.6) is 0 Å². The molecule has 1 aromatic carbocycles. The first kappa shape index (κ1) is 10.2. The summed E-state index contributed by atoms with van der Waals surface area (Å²) in [6.07, 6.45) is 0. The predicted octanol–water partition coefficient (Wildman–Crippen LogP) is -0.498. The first-order valence-electron chi connectivity index (χ1n) is 3.82. The zero-order valence-corrected chi connectivity index (χ0v) is 7.74. The second-order valence-electron chi connectivity index (χ2n) is 2.95. The Labute approximate surface area is 81.0 Å². The van der Waals surface area contributed by atoms with E-state index in [0.29, 0.717) is 5.56 Å². The lowest BCUT2D eigenvalue weighted by Gasteiger charge is -2.29. The van der Waals surface area contributed by atoms with Crippen molar-refractivity contribution >= 4 is 28.4 Å². The number of nitrogens with two attached hydrogens (primary N) is 5. The average Bonchev–Trinajstić information content (AvgIpc) is 2.11. The summed E-state index contributed by atoms with van der Waals surface area (Å²) in [6.45, 7) is 1.66. The van der Waals surface area contributed by atoms with Crippen molar-refractivity contribution in [1.29, 1.82) is 0 Å². The number of anilines is 5. The van der Waals surface area contributed by atoms with Crippen LogP contribution in [0.4, 0.5) is 28.4 Å². The van der Waals surface area contributed by atoms with Gasteiger partial charge in [0.1, 0.15) is 0 Å².